The lowest BCUT2D eigenvalue weighted by Crippen LogP contribution is -2.10. The molecular formula is C9H15N3O2. The minimum atomic E-state index is -0.888. The maximum Gasteiger partial charge on any atom is 0.308 e. The Kier molecular flexibility index (Phi) is 3.11. The van der Waals surface area contributed by atoms with E-state index in [1.54, 1.807) is 4.68 Å². The summed E-state index contributed by atoms with van der Waals surface area (Å²) in [5.74, 6) is 0.0109. The number of aromatic nitrogens is 2. The van der Waals surface area contributed by atoms with Crippen molar-refractivity contribution in [2.45, 2.75) is 26.8 Å². The molecule has 0 aliphatic rings. The molecule has 0 fully saturated rings. The molecule has 1 rings (SSSR count). The predicted octanol–water partition coefficient (Wildman–Crippen LogP) is 0.748. The van der Waals surface area contributed by atoms with E-state index < -0.39 is 5.97 Å². The fourth-order valence-electron chi connectivity index (χ4n) is 1.22. The maximum atomic E-state index is 10.5. The minimum Gasteiger partial charge on any atom is -0.481 e. The van der Waals surface area contributed by atoms with Crippen LogP contribution in [0.3, 0.4) is 0 Å². The fraction of sp³-hybridized carbons (Fsp3) is 0.556. The first-order valence-corrected chi connectivity index (χ1v) is 4.52. The second-order valence-corrected chi connectivity index (χ2v) is 3.70. The van der Waals surface area contributed by atoms with E-state index in [1.165, 1.54) is 6.20 Å². The standard InChI is InChI=1S/C9H15N3O2/c1-6(2)5-12-9(10)7(4-11-12)3-8(13)14/h4,6H,3,5,10H2,1-2H3,(H,13,14). The average molecular weight is 197 g/mol. The first kappa shape index (κ1) is 10.6. The van der Waals surface area contributed by atoms with E-state index in [0.717, 1.165) is 0 Å². The van der Waals surface area contributed by atoms with Crippen molar-refractivity contribution < 1.29 is 9.90 Å². The minimum absolute atomic E-state index is 0.0655. The van der Waals surface area contributed by atoms with E-state index in [2.05, 4.69) is 18.9 Å². The van der Waals surface area contributed by atoms with Gasteiger partial charge in [-0.1, -0.05) is 13.8 Å². The zero-order valence-corrected chi connectivity index (χ0v) is 8.40. The van der Waals surface area contributed by atoms with Crippen LogP contribution in [0.15, 0.2) is 6.20 Å². The monoisotopic (exact) mass is 197 g/mol. The van der Waals surface area contributed by atoms with Crippen LogP contribution in [0.5, 0.6) is 0 Å². The molecule has 0 unspecified atom stereocenters. The van der Waals surface area contributed by atoms with Crippen LogP contribution in [0.1, 0.15) is 19.4 Å². The van der Waals surface area contributed by atoms with Crippen LogP contribution >= 0.6 is 0 Å². The molecule has 3 N–H and O–H groups in total. The molecule has 0 aliphatic carbocycles. The lowest BCUT2D eigenvalue weighted by Gasteiger charge is -2.06. The van der Waals surface area contributed by atoms with Crippen LogP contribution < -0.4 is 5.73 Å². The molecule has 0 saturated carbocycles. The Morgan fingerprint density at radius 1 is 1.71 bits per heavy atom. The lowest BCUT2D eigenvalue weighted by molar-refractivity contribution is -0.136. The number of carbonyl (C=O) groups is 1. The van der Waals surface area contributed by atoms with Crippen molar-refractivity contribution in [1.82, 2.24) is 9.78 Å². The fourth-order valence-corrected chi connectivity index (χ4v) is 1.22. The highest BCUT2D eigenvalue weighted by molar-refractivity contribution is 5.72. The van der Waals surface area contributed by atoms with Gasteiger partial charge < -0.3 is 10.8 Å². The van der Waals surface area contributed by atoms with Crippen molar-refractivity contribution in [1.29, 1.82) is 0 Å². The Labute approximate surface area is 82.5 Å². The van der Waals surface area contributed by atoms with Gasteiger partial charge in [-0.2, -0.15) is 5.10 Å². The van der Waals surface area contributed by atoms with Gasteiger partial charge in [0.25, 0.3) is 0 Å². The Bertz CT molecular complexity index is 331. The lowest BCUT2D eigenvalue weighted by atomic mass is 10.2. The van der Waals surface area contributed by atoms with Crippen LogP contribution in [0.4, 0.5) is 5.82 Å². The molecule has 1 aromatic rings. The number of hydrogen-bond donors (Lipinski definition) is 2. The summed E-state index contributed by atoms with van der Waals surface area (Å²) in [5.41, 5.74) is 6.32. The molecule has 0 spiro atoms. The van der Waals surface area contributed by atoms with Crippen LogP contribution in [0.25, 0.3) is 0 Å². The molecule has 0 amide bonds. The Hall–Kier alpha value is -1.52. The molecule has 0 bridgehead atoms. The quantitative estimate of drug-likeness (QED) is 0.746. The van der Waals surface area contributed by atoms with E-state index >= 15 is 0 Å². The summed E-state index contributed by atoms with van der Waals surface area (Å²) in [4.78, 5) is 10.5. The largest absolute Gasteiger partial charge is 0.481 e. The number of aliphatic carboxylic acids is 1. The Balaban J connectivity index is 2.79. The Morgan fingerprint density at radius 3 is 2.86 bits per heavy atom. The third kappa shape index (κ3) is 2.48. The van der Waals surface area contributed by atoms with Gasteiger partial charge in [0.05, 0.1) is 12.6 Å². The van der Waals surface area contributed by atoms with Gasteiger partial charge in [0, 0.05) is 12.1 Å². The number of nitrogen functional groups attached to an aromatic ring is 1. The topological polar surface area (TPSA) is 81.1 Å². The molecule has 5 nitrogen and oxygen atoms in total. The van der Waals surface area contributed by atoms with Crippen LogP contribution in [-0.4, -0.2) is 20.9 Å². The van der Waals surface area contributed by atoms with E-state index in [4.69, 9.17) is 10.8 Å². The van der Waals surface area contributed by atoms with E-state index in [0.29, 0.717) is 23.8 Å². The number of carboxylic acids is 1. The molecule has 0 radical (unpaired) electrons. The SMILES string of the molecule is CC(C)Cn1ncc(CC(=O)O)c1N. The molecule has 0 saturated heterocycles. The predicted molar refractivity (Wildman–Crippen MR) is 52.8 cm³/mol. The van der Waals surface area contributed by atoms with Gasteiger partial charge in [0.15, 0.2) is 0 Å². The van der Waals surface area contributed by atoms with E-state index in [9.17, 15) is 4.79 Å². The van der Waals surface area contributed by atoms with Crippen molar-refractivity contribution in [3.63, 3.8) is 0 Å². The molecule has 0 aliphatic heterocycles. The normalized spacial score (nSPS) is 10.8. The van der Waals surface area contributed by atoms with Crippen molar-refractivity contribution in [3.8, 4) is 0 Å². The van der Waals surface area contributed by atoms with Crippen molar-refractivity contribution in [3.05, 3.63) is 11.8 Å². The molecule has 0 aromatic carbocycles. The molecule has 1 aromatic heterocycles. The highest BCUT2D eigenvalue weighted by Gasteiger charge is 2.10. The molecule has 1 heterocycles. The maximum absolute atomic E-state index is 10.5. The number of anilines is 1. The van der Waals surface area contributed by atoms with Gasteiger partial charge in [0.2, 0.25) is 0 Å². The van der Waals surface area contributed by atoms with Gasteiger partial charge in [-0.3, -0.25) is 4.79 Å². The summed E-state index contributed by atoms with van der Waals surface area (Å²) in [6, 6.07) is 0. The molecule has 14 heavy (non-hydrogen) atoms. The van der Waals surface area contributed by atoms with E-state index in [-0.39, 0.29) is 6.42 Å². The summed E-state index contributed by atoms with van der Waals surface area (Å²) in [6.45, 7) is 4.82. The molecule has 5 heteroatoms. The number of nitrogens with two attached hydrogens (primary N) is 1. The zero-order chi connectivity index (χ0) is 10.7. The molecule has 78 valence electrons. The number of rotatable bonds is 4. The summed E-state index contributed by atoms with van der Waals surface area (Å²) >= 11 is 0. The summed E-state index contributed by atoms with van der Waals surface area (Å²) in [7, 11) is 0. The number of nitrogens with zero attached hydrogens (tertiary/aromatic N) is 2. The van der Waals surface area contributed by atoms with Crippen LogP contribution in [-0.2, 0) is 17.8 Å². The van der Waals surface area contributed by atoms with Crippen molar-refractivity contribution >= 4 is 11.8 Å². The van der Waals surface area contributed by atoms with Crippen molar-refractivity contribution in [2.24, 2.45) is 5.92 Å². The van der Waals surface area contributed by atoms with Gasteiger partial charge in [0.1, 0.15) is 5.82 Å². The highest BCUT2D eigenvalue weighted by atomic mass is 16.4. The average Bonchev–Trinajstić information content (AvgIpc) is 2.34. The molecular weight excluding hydrogens is 182 g/mol. The third-order valence-corrected chi connectivity index (χ3v) is 1.84. The summed E-state index contributed by atoms with van der Waals surface area (Å²) < 4.78 is 1.64. The van der Waals surface area contributed by atoms with Crippen LogP contribution in [0, 0.1) is 5.92 Å². The number of hydrogen-bond acceptors (Lipinski definition) is 3. The van der Waals surface area contributed by atoms with Gasteiger partial charge >= 0.3 is 5.97 Å². The summed E-state index contributed by atoms with van der Waals surface area (Å²) in [5, 5.41) is 12.6. The molecule has 0 atom stereocenters. The second-order valence-electron chi connectivity index (χ2n) is 3.70. The van der Waals surface area contributed by atoms with Crippen molar-refractivity contribution in [2.75, 3.05) is 5.73 Å². The second kappa shape index (κ2) is 4.13. The first-order chi connectivity index (χ1) is 6.50. The third-order valence-electron chi connectivity index (χ3n) is 1.84. The zero-order valence-electron chi connectivity index (χ0n) is 8.40. The number of carboxylic acid groups (broad SMARTS) is 1. The Morgan fingerprint density at radius 2 is 2.36 bits per heavy atom. The van der Waals surface area contributed by atoms with Gasteiger partial charge in [-0.15, -0.1) is 0 Å². The van der Waals surface area contributed by atoms with Crippen LogP contribution in [0.2, 0.25) is 0 Å². The van der Waals surface area contributed by atoms with Gasteiger partial charge in [-0.25, -0.2) is 4.68 Å². The van der Waals surface area contributed by atoms with E-state index in [1.807, 2.05) is 0 Å². The first-order valence-electron chi connectivity index (χ1n) is 4.52. The van der Waals surface area contributed by atoms with Gasteiger partial charge in [-0.05, 0) is 5.92 Å². The highest BCUT2D eigenvalue weighted by Crippen LogP contribution is 2.13. The smallest absolute Gasteiger partial charge is 0.308 e. The summed E-state index contributed by atoms with van der Waals surface area (Å²) in [6.07, 6.45) is 1.45.